The van der Waals surface area contributed by atoms with E-state index in [4.69, 9.17) is 0 Å². The van der Waals surface area contributed by atoms with Gasteiger partial charge in [0.2, 0.25) is 0 Å². The maximum Gasteiger partial charge on any atom is 0.0323 e. The van der Waals surface area contributed by atoms with Crippen molar-refractivity contribution in [2.45, 2.75) is 52.1 Å². The Bertz CT molecular complexity index is 396. The Morgan fingerprint density at radius 3 is 2.50 bits per heavy atom. The highest BCUT2D eigenvalue weighted by molar-refractivity contribution is 5.25. The lowest BCUT2D eigenvalue weighted by atomic mass is 9.99. The van der Waals surface area contributed by atoms with Crippen molar-refractivity contribution < 1.29 is 0 Å². The molecule has 1 aliphatic rings. The molecule has 0 spiro atoms. The second-order valence-corrected chi connectivity index (χ2v) is 6.61. The summed E-state index contributed by atoms with van der Waals surface area (Å²) >= 11 is 0. The molecule has 2 rings (SSSR count). The number of hydrogen-bond acceptors (Lipinski definition) is 2. The maximum atomic E-state index is 3.33. The molecule has 0 radical (unpaired) electrons. The van der Waals surface area contributed by atoms with Gasteiger partial charge in [0.25, 0.3) is 0 Å². The quantitative estimate of drug-likeness (QED) is 0.852. The zero-order chi connectivity index (χ0) is 14.5. The highest BCUT2D eigenvalue weighted by Gasteiger charge is 2.28. The van der Waals surface area contributed by atoms with E-state index >= 15 is 0 Å². The van der Waals surface area contributed by atoms with E-state index in [0.29, 0.717) is 12.1 Å². The summed E-state index contributed by atoms with van der Waals surface area (Å²) in [6.45, 7) is 9.26. The highest BCUT2D eigenvalue weighted by atomic mass is 15.2. The maximum absolute atomic E-state index is 3.33. The SMILES string of the molecule is CNCC1CCCN1C(C)c1ccc(CC(C)C)cc1. The lowest BCUT2D eigenvalue weighted by molar-refractivity contribution is 0.191. The molecule has 0 saturated carbocycles. The number of benzene rings is 1. The standard InChI is InChI=1S/C18H30N2/c1-14(2)12-16-7-9-17(10-8-16)15(3)20-11-5-6-18(20)13-19-4/h7-10,14-15,18-19H,5-6,11-13H2,1-4H3. The molecule has 1 aromatic carbocycles. The van der Waals surface area contributed by atoms with Crippen molar-refractivity contribution in [1.82, 2.24) is 10.2 Å². The van der Waals surface area contributed by atoms with Crippen molar-refractivity contribution in [3.05, 3.63) is 35.4 Å². The Hall–Kier alpha value is -0.860. The molecule has 1 N–H and O–H groups in total. The van der Waals surface area contributed by atoms with Crippen molar-refractivity contribution in [3.8, 4) is 0 Å². The minimum atomic E-state index is 0.531. The number of likely N-dealkylation sites (N-methyl/N-ethyl adjacent to an activating group) is 1. The van der Waals surface area contributed by atoms with Gasteiger partial charge >= 0.3 is 0 Å². The average Bonchev–Trinajstić information content (AvgIpc) is 2.87. The van der Waals surface area contributed by atoms with E-state index in [1.54, 1.807) is 0 Å². The van der Waals surface area contributed by atoms with Crippen LogP contribution in [0, 0.1) is 5.92 Å². The fourth-order valence-electron chi connectivity index (χ4n) is 3.42. The van der Waals surface area contributed by atoms with Crippen LogP contribution in [0.1, 0.15) is 50.8 Å². The summed E-state index contributed by atoms with van der Waals surface area (Å²) in [5, 5.41) is 3.33. The molecule has 0 aliphatic carbocycles. The number of nitrogens with zero attached hydrogens (tertiary/aromatic N) is 1. The Morgan fingerprint density at radius 1 is 1.20 bits per heavy atom. The van der Waals surface area contributed by atoms with Gasteiger partial charge in [-0.15, -0.1) is 0 Å². The van der Waals surface area contributed by atoms with Crippen LogP contribution >= 0.6 is 0 Å². The molecule has 0 bridgehead atoms. The lowest BCUT2D eigenvalue weighted by Crippen LogP contribution is -2.38. The molecule has 0 amide bonds. The third-order valence-electron chi connectivity index (χ3n) is 4.47. The van der Waals surface area contributed by atoms with E-state index in [1.165, 1.54) is 36.9 Å². The van der Waals surface area contributed by atoms with Crippen LogP contribution in [0.25, 0.3) is 0 Å². The summed E-state index contributed by atoms with van der Waals surface area (Å²) in [6, 6.07) is 10.5. The molecule has 1 aliphatic heterocycles. The number of rotatable bonds is 6. The molecule has 112 valence electrons. The van der Waals surface area contributed by atoms with E-state index in [-0.39, 0.29) is 0 Å². The molecule has 1 aromatic rings. The minimum absolute atomic E-state index is 0.531. The van der Waals surface area contributed by atoms with Crippen molar-refractivity contribution in [2.75, 3.05) is 20.1 Å². The van der Waals surface area contributed by atoms with E-state index < -0.39 is 0 Å². The van der Waals surface area contributed by atoms with E-state index in [1.807, 2.05) is 0 Å². The van der Waals surface area contributed by atoms with Crippen molar-refractivity contribution in [1.29, 1.82) is 0 Å². The first-order valence-corrected chi connectivity index (χ1v) is 8.11. The summed E-state index contributed by atoms with van der Waals surface area (Å²) in [6.07, 6.45) is 3.85. The monoisotopic (exact) mass is 274 g/mol. The number of nitrogens with one attached hydrogen (secondary N) is 1. The first kappa shape index (κ1) is 15.5. The topological polar surface area (TPSA) is 15.3 Å². The predicted octanol–water partition coefficient (Wildman–Crippen LogP) is 3.63. The first-order valence-electron chi connectivity index (χ1n) is 8.11. The molecular formula is C18H30N2. The third kappa shape index (κ3) is 3.83. The number of likely N-dealkylation sites (tertiary alicyclic amines) is 1. The Balaban J connectivity index is 2.03. The molecule has 2 unspecified atom stereocenters. The molecule has 2 heteroatoms. The van der Waals surface area contributed by atoms with Crippen molar-refractivity contribution in [2.24, 2.45) is 5.92 Å². The van der Waals surface area contributed by atoms with Crippen LogP contribution < -0.4 is 5.32 Å². The third-order valence-corrected chi connectivity index (χ3v) is 4.47. The summed E-state index contributed by atoms with van der Waals surface area (Å²) < 4.78 is 0. The lowest BCUT2D eigenvalue weighted by Gasteiger charge is -2.31. The Kier molecular flexibility index (Phi) is 5.62. The molecule has 20 heavy (non-hydrogen) atoms. The van der Waals surface area contributed by atoms with Gasteiger partial charge in [0.15, 0.2) is 0 Å². The van der Waals surface area contributed by atoms with E-state index in [0.717, 1.165) is 12.5 Å². The van der Waals surface area contributed by atoms with Crippen molar-refractivity contribution in [3.63, 3.8) is 0 Å². The molecule has 1 fully saturated rings. The normalized spacial score (nSPS) is 21.6. The van der Waals surface area contributed by atoms with Crippen LogP contribution in [-0.2, 0) is 6.42 Å². The molecular weight excluding hydrogens is 244 g/mol. The van der Waals surface area contributed by atoms with Crippen LogP contribution in [0.5, 0.6) is 0 Å². The molecule has 0 aromatic heterocycles. The fourth-order valence-corrected chi connectivity index (χ4v) is 3.42. The van der Waals surface area contributed by atoms with Crippen LogP contribution in [0.2, 0.25) is 0 Å². The van der Waals surface area contributed by atoms with Gasteiger partial charge in [-0.2, -0.15) is 0 Å². The van der Waals surface area contributed by atoms with E-state index in [9.17, 15) is 0 Å². The largest absolute Gasteiger partial charge is 0.318 e. The predicted molar refractivity (Wildman–Crippen MR) is 87.1 cm³/mol. The van der Waals surface area contributed by atoms with Gasteiger partial charge in [-0.1, -0.05) is 38.1 Å². The Morgan fingerprint density at radius 2 is 1.90 bits per heavy atom. The van der Waals surface area contributed by atoms with Gasteiger partial charge in [0, 0.05) is 18.6 Å². The molecule has 2 nitrogen and oxygen atoms in total. The first-order chi connectivity index (χ1) is 9.61. The Labute approximate surface area is 124 Å². The summed E-state index contributed by atoms with van der Waals surface area (Å²) in [7, 11) is 2.06. The van der Waals surface area contributed by atoms with Gasteiger partial charge in [0.05, 0.1) is 0 Å². The second kappa shape index (κ2) is 7.24. The van der Waals surface area contributed by atoms with Crippen molar-refractivity contribution >= 4 is 0 Å². The molecule has 1 heterocycles. The van der Waals surface area contributed by atoms with Gasteiger partial charge in [0.1, 0.15) is 0 Å². The summed E-state index contributed by atoms with van der Waals surface area (Å²) in [4.78, 5) is 2.66. The van der Waals surface area contributed by atoms with Crippen LogP contribution in [-0.4, -0.2) is 31.1 Å². The molecule has 2 atom stereocenters. The van der Waals surface area contributed by atoms with Gasteiger partial charge in [-0.05, 0) is 56.8 Å². The highest BCUT2D eigenvalue weighted by Crippen LogP contribution is 2.29. The zero-order valence-corrected chi connectivity index (χ0v) is 13.5. The number of hydrogen-bond donors (Lipinski definition) is 1. The smallest absolute Gasteiger partial charge is 0.0323 e. The average molecular weight is 274 g/mol. The van der Waals surface area contributed by atoms with Gasteiger partial charge in [-0.3, -0.25) is 4.90 Å². The second-order valence-electron chi connectivity index (χ2n) is 6.61. The summed E-state index contributed by atoms with van der Waals surface area (Å²) in [5.74, 6) is 0.733. The molecule has 1 saturated heterocycles. The van der Waals surface area contributed by atoms with Gasteiger partial charge in [-0.25, -0.2) is 0 Å². The zero-order valence-electron chi connectivity index (χ0n) is 13.5. The van der Waals surface area contributed by atoms with E-state index in [2.05, 4.69) is 62.3 Å². The van der Waals surface area contributed by atoms with Crippen LogP contribution in [0.3, 0.4) is 0 Å². The fraction of sp³-hybridized carbons (Fsp3) is 0.667. The minimum Gasteiger partial charge on any atom is -0.318 e. The summed E-state index contributed by atoms with van der Waals surface area (Å²) in [5.41, 5.74) is 2.92. The van der Waals surface area contributed by atoms with Crippen LogP contribution in [0.15, 0.2) is 24.3 Å². The van der Waals surface area contributed by atoms with Gasteiger partial charge < -0.3 is 5.32 Å². The van der Waals surface area contributed by atoms with Crippen LogP contribution in [0.4, 0.5) is 0 Å².